The summed E-state index contributed by atoms with van der Waals surface area (Å²) in [5.41, 5.74) is 4.63. The molecule has 1 N–H and O–H groups in total. The zero-order valence-corrected chi connectivity index (χ0v) is 11.6. The third-order valence-electron chi connectivity index (χ3n) is 3.99. The van der Waals surface area contributed by atoms with Gasteiger partial charge in [-0.15, -0.1) is 0 Å². The third-order valence-corrected chi connectivity index (χ3v) is 4.45. The van der Waals surface area contributed by atoms with Crippen molar-refractivity contribution in [3.63, 3.8) is 0 Å². The number of rotatable bonds is 2. The number of nitrogens with one attached hydrogen (secondary N) is 1. The lowest BCUT2D eigenvalue weighted by Gasteiger charge is -2.25. The minimum absolute atomic E-state index is 0.254. The predicted octanol–water partition coefficient (Wildman–Crippen LogP) is 4.58. The molecule has 0 radical (unpaired) electrons. The van der Waals surface area contributed by atoms with Gasteiger partial charge in [-0.05, 0) is 51.4 Å². The monoisotopic (exact) mass is 256 g/mol. The first kappa shape index (κ1) is 13.2. The highest BCUT2D eigenvalue weighted by Gasteiger charge is 2.27. The lowest BCUT2D eigenvalue weighted by molar-refractivity contribution is 0.416. The van der Waals surface area contributed by atoms with E-state index in [9.17, 15) is 0 Å². The molecular formula is C14H25ClN2. The number of hydrazone groups is 1. The SMILES string of the molecule is ClC1(NN=C2CCCCCC2)CCCCCC1. The van der Waals surface area contributed by atoms with Crippen LogP contribution in [0.3, 0.4) is 0 Å². The molecule has 0 amide bonds. The second-order valence-electron chi connectivity index (χ2n) is 5.58. The maximum Gasteiger partial charge on any atom is 0.128 e. The zero-order chi connectivity index (χ0) is 12.0. The Bertz CT molecular complexity index is 245. The van der Waals surface area contributed by atoms with E-state index >= 15 is 0 Å². The summed E-state index contributed by atoms with van der Waals surface area (Å²) in [6, 6.07) is 0. The molecule has 0 bridgehead atoms. The molecule has 3 heteroatoms. The average Bonchev–Trinajstić information content (AvgIpc) is 2.69. The molecule has 2 fully saturated rings. The average molecular weight is 257 g/mol. The van der Waals surface area contributed by atoms with Crippen LogP contribution in [0, 0.1) is 0 Å². The summed E-state index contributed by atoms with van der Waals surface area (Å²) in [4.78, 5) is -0.254. The van der Waals surface area contributed by atoms with Crippen LogP contribution in [-0.4, -0.2) is 10.7 Å². The smallest absolute Gasteiger partial charge is 0.128 e. The maximum atomic E-state index is 6.62. The van der Waals surface area contributed by atoms with Gasteiger partial charge < -0.3 is 0 Å². The molecule has 0 atom stereocenters. The van der Waals surface area contributed by atoms with E-state index in [2.05, 4.69) is 10.5 Å². The standard InChI is InChI=1S/C14H25ClN2/c15-14(11-7-3-4-8-12-14)17-16-13-9-5-1-2-6-10-13/h17H,1-12H2. The van der Waals surface area contributed by atoms with Crippen molar-refractivity contribution in [1.82, 2.24) is 5.43 Å². The molecule has 0 unspecified atom stereocenters. The van der Waals surface area contributed by atoms with E-state index in [0.717, 1.165) is 12.8 Å². The molecule has 0 aliphatic heterocycles. The van der Waals surface area contributed by atoms with Gasteiger partial charge in [-0.1, -0.05) is 37.3 Å². The first-order valence-electron chi connectivity index (χ1n) is 7.30. The van der Waals surface area contributed by atoms with Crippen molar-refractivity contribution in [2.24, 2.45) is 5.10 Å². The van der Waals surface area contributed by atoms with Crippen molar-refractivity contribution < 1.29 is 0 Å². The Morgan fingerprint density at radius 3 is 1.94 bits per heavy atom. The van der Waals surface area contributed by atoms with Crippen molar-refractivity contribution in [3.05, 3.63) is 0 Å². The minimum Gasteiger partial charge on any atom is -0.289 e. The van der Waals surface area contributed by atoms with Gasteiger partial charge in [0.05, 0.1) is 0 Å². The highest BCUT2D eigenvalue weighted by Crippen LogP contribution is 2.30. The fourth-order valence-corrected chi connectivity index (χ4v) is 3.14. The van der Waals surface area contributed by atoms with Crippen LogP contribution in [0.15, 0.2) is 5.10 Å². The van der Waals surface area contributed by atoms with Gasteiger partial charge >= 0.3 is 0 Å². The van der Waals surface area contributed by atoms with Crippen LogP contribution >= 0.6 is 11.6 Å². The van der Waals surface area contributed by atoms with E-state index in [-0.39, 0.29) is 5.00 Å². The van der Waals surface area contributed by atoms with Crippen molar-refractivity contribution in [2.75, 3.05) is 0 Å². The zero-order valence-electron chi connectivity index (χ0n) is 10.8. The molecular weight excluding hydrogens is 232 g/mol. The van der Waals surface area contributed by atoms with Gasteiger partial charge in [-0.2, -0.15) is 5.10 Å². The van der Waals surface area contributed by atoms with Crippen LogP contribution in [0.25, 0.3) is 0 Å². The summed E-state index contributed by atoms with van der Waals surface area (Å²) in [6.07, 6.45) is 14.9. The summed E-state index contributed by atoms with van der Waals surface area (Å²) in [5.74, 6) is 0. The minimum atomic E-state index is -0.254. The van der Waals surface area contributed by atoms with Crippen molar-refractivity contribution in [3.8, 4) is 0 Å². The van der Waals surface area contributed by atoms with Crippen molar-refractivity contribution in [1.29, 1.82) is 0 Å². The number of halogens is 1. The summed E-state index contributed by atoms with van der Waals surface area (Å²) in [6.45, 7) is 0. The van der Waals surface area contributed by atoms with Gasteiger partial charge in [0.25, 0.3) is 0 Å². The van der Waals surface area contributed by atoms with Crippen molar-refractivity contribution >= 4 is 17.3 Å². The molecule has 2 aliphatic carbocycles. The van der Waals surface area contributed by atoms with Crippen LogP contribution in [0.5, 0.6) is 0 Å². The fourth-order valence-electron chi connectivity index (χ4n) is 2.83. The Balaban J connectivity index is 1.87. The van der Waals surface area contributed by atoms with E-state index in [1.165, 1.54) is 69.9 Å². The Kier molecular flexibility index (Phi) is 5.15. The summed E-state index contributed by atoms with van der Waals surface area (Å²) in [7, 11) is 0. The van der Waals surface area contributed by atoms with E-state index < -0.39 is 0 Å². The van der Waals surface area contributed by atoms with Gasteiger partial charge in [0.15, 0.2) is 0 Å². The lowest BCUT2D eigenvalue weighted by atomic mass is 10.1. The molecule has 2 saturated carbocycles. The van der Waals surface area contributed by atoms with E-state index in [4.69, 9.17) is 11.6 Å². The second kappa shape index (κ2) is 6.63. The molecule has 98 valence electrons. The maximum absolute atomic E-state index is 6.62. The molecule has 0 aromatic heterocycles. The lowest BCUT2D eigenvalue weighted by Crippen LogP contribution is -2.36. The first-order chi connectivity index (χ1) is 8.29. The van der Waals surface area contributed by atoms with Crippen LogP contribution in [-0.2, 0) is 0 Å². The summed E-state index contributed by atoms with van der Waals surface area (Å²) >= 11 is 6.62. The van der Waals surface area contributed by atoms with Crippen LogP contribution in [0.1, 0.15) is 77.0 Å². The quantitative estimate of drug-likeness (QED) is 0.333. The Morgan fingerprint density at radius 1 is 0.824 bits per heavy atom. The molecule has 17 heavy (non-hydrogen) atoms. The number of alkyl halides is 1. The van der Waals surface area contributed by atoms with Crippen LogP contribution in [0.2, 0.25) is 0 Å². The molecule has 2 aliphatic rings. The second-order valence-corrected chi connectivity index (χ2v) is 6.31. The largest absolute Gasteiger partial charge is 0.289 e. The van der Waals surface area contributed by atoms with Crippen LogP contribution < -0.4 is 5.43 Å². The highest BCUT2D eigenvalue weighted by atomic mass is 35.5. The fraction of sp³-hybridized carbons (Fsp3) is 0.929. The van der Waals surface area contributed by atoms with Gasteiger partial charge in [-0.25, -0.2) is 0 Å². The topological polar surface area (TPSA) is 24.4 Å². The van der Waals surface area contributed by atoms with Gasteiger partial charge in [0.1, 0.15) is 5.00 Å². The number of hydrogen-bond acceptors (Lipinski definition) is 2. The molecule has 2 rings (SSSR count). The van der Waals surface area contributed by atoms with Gasteiger partial charge in [0, 0.05) is 5.71 Å². The molecule has 0 spiro atoms. The summed E-state index contributed by atoms with van der Waals surface area (Å²) in [5, 5.41) is 4.62. The van der Waals surface area contributed by atoms with E-state index in [0.29, 0.717) is 0 Å². The van der Waals surface area contributed by atoms with Gasteiger partial charge in [-0.3, -0.25) is 5.43 Å². The van der Waals surface area contributed by atoms with Crippen LogP contribution in [0.4, 0.5) is 0 Å². The first-order valence-corrected chi connectivity index (χ1v) is 7.68. The molecule has 0 heterocycles. The Hall–Kier alpha value is -0.240. The molecule has 2 nitrogen and oxygen atoms in total. The molecule has 0 saturated heterocycles. The molecule has 0 aromatic carbocycles. The van der Waals surface area contributed by atoms with E-state index in [1.807, 2.05) is 0 Å². The third kappa shape index (κ3) is 4.50. The number of nitrogens with zero attached hydrogens (tertiary/aromatic N) is 1. The Morgan fingerprint density at radius 2 is 1.35 bits per heavy atom. The number of hydrogen-bond donors (Lipinski definition) is 1. The predicted molar refractivity (Wildman–Crippen MR) is 74.6 cm³/mol. The van der Waals surface area contributed by atoms with Crippen molar-refractivity contribution in [2.45, 2.75) is 82.0 Å². The normalized spacial score (nSPS) is 25.8. The van der Waals surface area contributed by atoms with Gasteiger partial charge in [0.2, 0.25) is 0 Å². The highest BCUT2D eigenvalue weighted by molar-refractivity contribution is 6.23. The summed E-state index contributed by atoms with van der Waals surface area (Å²) < 4.78 is 0. The molecule has 0 aromatic rings. The Labute approximate surface area is 110 Å². The van der Waals surface area contributed by atoms with E-state index in [1.54, 1.807) is 0 Å².